The maximum Gasteiger partial charge on any atom is 0.288 e. The summed E-state index contributed by atoms with van der Waals surface area (Å²) in [6, 6.07) is 2.65. The van der Waals surface area contributed by atoms with Crippen LogP contribution >= 0.6 is 0 Å². The lowest BCUT2D eigenvalue weighted by Gasteiger charge is -2.34. The van der Waals surface area contributed by atoms with Gasteiger partial charge in [-0.15, -0.1) is 0 Å². The van der Waals surface area contributed by atoms with Crippen molar-refractivity contribution in [2.24, 2.45) is 4.99 Å². The van der Waals surface area contributed by atoms with E-state index in [0.29, 0.717) is 24.2 Å². The van der Waals surface area contributed by atoms with Gasteiger partial charge in [-0.25, -0.2) is 4.99 Å². The molecule has 2 saturated carbocycles. The molecule has 1 heterocycles. The molecule has 114 valence electrons. The van der Waals surface area contributed by atoms with E-state index in [1.807, 2.05) is 0 Å². The van der Waals surface area contributed by atoms with Gasteiger partial charge in [-0.2, -0.15) is 0 Å². The Hall–Kier alpha value is -0.730. The zero-order valence-corrected chi connectivity index (χ0v) is 13.2. The van der Waals surface area contributed by atoms with Gasteiger partial charge in [0.15, 0.2) is 0 Å². The van der Waals surface area contributed by atoms with Crippen LogP contribution in [0.2, 0.25) is 0 Å². The Kier molecular flexibility index (Phi) is 4.52. The average molecular weight is 278 g/mol. The van der Waals surface area contributed by atoms with E-state index in [4.69, 9.17) is 9.73 Å². The summed E-state index contributed by atoms with van der Waals surface area (Å²) >= 11 is 0. The largest absolute Gasteiger partial charge is 0.460 e. The maximum atomic E-state index is 6.12. The van der Waals surface area contributed by atoms with Gasteiger partial charge in [0.1, 0.15) is 6.10 Å². The van der Waals surface area contributed by atoms with Gasteiger partial charge >= 0.3 is 0 Å². The molecule has 1 aliphatic heterocycles. The molecule has 0 spiro atoms. The lowest BCUT2D eigenvalue weighted by molar-refractivity contribution is 0.186. The van der Waals surface area contributed by atoms with E-state index < -0.39 is 0 Å². The topological polar surface area (TPSA) is 24.8 Å². The first-order chi connectivity index (χ1) is 9.75. The summed E-state index contributed by atoms with van der Waals surface area (Å²) < 4.78 is 6.12. The quantitative estimate of drug-likeness (QED) is 0.759. The molecule has 0 bridgehead atoms. The van der Waals surface area contributed by atoms with E-state index in [0.717, 1.165) is 6.02 Å². The molecule has 0 N–H and O–H groups in total. The molecular weight excluding hydrogens is 248 g/mol. The molecule has 0 amide bonds. The molecule has 0 radical (unpaired) electrons. The van der Waals surface area contributed by atoms with Crippen molar-refractivity contribution in [2.75, 3.05) is 0 Å². The fraction of sp³-hybridized carbons (Fsp3) is 0.941. The van der Waals surface area contributed by atoms with Gasteiger partial charge in [0.2, 0.25) is 0 Å². The Morgan fingerprint density at radius 1 is 0.900 bits per heavy atom. The Bertz CT molecular complexity index is 343. The molecule has 0 aromatic carbocycles. The Morgan fingerprint density at radius 3 is 2.15 bits per heavy atom. The van der Waals surface area contributed by atoms with Crippen molar-refractivity contribution in [3.63, 3.8) is 0 Å². The Balaban J connectivity index is 1.74. The first-order valence-corrected chi connectivity index (χ1v) is 8.78. The van der Waals surface area contributed by atoms with Gasteiger partial charge in [-0.1, -0.05) is 38.5 Å². The van der Waals surface area contributed by atoms with Crippen molar-refractivity contribution in [1.82, 2.24) is 4.90 Å². The molecule has 3 rings (SSSR count). The van der Waals surface area contributed by atoms with Crippen LogP contribution in [0.1, 0.15) is 78.1 Å². The maximum absolute atomic E-state index is 6.12. The smallest absolute Gasteiger partial charge is 0.288 e. The highest BCUT2D eigenvalue weighted by Crippen LogP contribution is 2.31. The van der Waals surface area contributed by atoms with Crippen molar-refractivity contribution in [3.05, 3.63) is 0 Å². The second kappa shape index (κ2) is 6.36. The minimum Gasteiger partial charge on any atom is -0.460 e. The minimum absolute atomic E-state index is 0.291. The number of aliphatic imine (C=N–C) groups is 1. The number of amidine groups is 1. The van der Waals surface area contributed by atoms with Crippen LogP contribution in [0.5, 0.6) is 0 Å². The van der Waals surface area contributed by atoms with E-state index in [2.05, 4.69) is 18.7 Å². The molecule has 2 aliphatic carbocycles. The van der Waals surface area contributed by atoms with Gasteiger partial charge in [-0.3, -0.25) is 0 Å². The highest BCUT2D eigenvalue weighted by atomic mass is 16.5. The first kappa shape index (κ1) is 14.2. The van der Waals surface area contributed by atoms with E-state index >= 15 is 0 Å². The lowest BCUT2D eigenvalue weighted by atomic mass is 9.93. The normalized spacial score (nSPS) is 35.5. The van der Waals surface area contributed by atoms with Crippen LogP contribution in [0.4, 0.5) is 0 Å². The molecule has 20 heavy (non-hydrogen) atoms. The number of hydrogen-bond donors (Lipinski definition) is 0. The predicted octanol–water partition coefficient (Wildman–Crippen LogP) is 4.12. The van der Waals surface area contributed by atoms with Crippen molar-refractivity contribution < 1.29 is 4.74 Å². The highest BCUT2D eigenvalue weighted by Gasteiger charge is 2.39. The van der Waals surface area contributed by atoms with Crippen molar-refractivity contribution in [3.8, 4) is 0 Å². The second-order valence-electron chi connectivity index (χ2n) is 6.97. The molecule has 1 saturated heterocycles. The van der Waals surface area contributed by atoms with Crippen LogP contribution in [0.3, 0.4) is 0 Å². The van der Waals surface area contributed by atoms with E-state index in [1.54, 1.807) is 0 Å². The van der Waals surface area contributed by atoms with Gasteiger partial charge in [0.25, 0.3) is 6.02 Å². The number of hydrogen-bond acceptors (Lipinski definition) is 2. The SMILES string of the molecule is C[C@@H]1OC(=NC2CCCCC2)N(C2CCCCC2)[C@H]1C. The zero-order chi connectivity index (χ0) is 13.9. The fourth-order valence-corrected chi connectivity index (χ4v) is 4.04. The third-order valence-corrected chi connectivity index (χ3v) is 5.47. The molecule has 3 heteroatoms. The minimum atomic E-state index is 0.291. The summed E-state index contributed by atoms with van der Waals surface area (Å²) in [5.41, 5.74) is 0. The second-order valence-corrected chi connectivity index (χ2v) is 6.97. The predicted molar refractivity (Wildman–Crippen MR) is 83.0 cm³/mol. The Morgan fingerprint density at radius 2 is 1.50 bits per heavy atom. The van der Waals surface area contributed by atoms with Crippen molar-refractivity contribution in [2.45, 2.75) is 102 Å². The summed E-state index contributed by atoms with van der Waals surface area (Å²) in [7, 11) is 0. The van der Waals surface area contributed by atoms with Crippen LogP contribution in [0.25, 0.3) is 0 Å². The van der Waals surface area contributed by atoms with E-state index in [9.17, 15) is 0 Å². The molecule has 3 nitrogen and oxygen atoms in total. The number of ether oxygens (including phenoxy) is 1. The summed E-state index contributed by atoms with van der Waals surface area (Å²) in [6.45, 7) is 4.51. The van der Waals surface area contributed by atoms with Crippen molar-refractivity contribution >= 4 is 6.02 Å². The third-order valence-electron chi connectivity index (χ3n) is 5.47. The molecule has 3 aliphatic rings. The standard InChI is InChI=1S/C17H30N2O/c1-13-14(2)20-17(18-15-9-5-3-6-10-15)19(13)16-11-7-4-8-12-16/h13-16H,3-12H2,1-2H3/t13-,14-/m0/s1. The summed E-state index contributed by atoms with van der Waals surface area (Å²) in [6.07, 6.45) is 13.7. The summed E-state index contributed by atoms with van der Waals surface area (Å²) in [5, 5.41) is 0. The molecule has 2 atom stereocenters. The molecule has 3 fully saturated rings. The van der Waals surface area contributed by atoms with Gasteiger partial charge in [-0.05, 0) is 39.5 Å². The van der Waals surface area contributed by atoms with E-state index in [-0.39, 0.29) is 0 Å². The summed E-state index contributed by atoms with van der Waals surface area (Å²) in [4.78, 5) is 7.54. The highest BCUT2D eigenvalue weighted by molar-refractivity contribution is 5.77. The Labute approximate surface area is 123 Å². The number of nitrogens with zero attached hydrogens (tertiary/aromatic N) is 2. The molecule has 0 aromatic rings. The zero-order valence-electron chi connectivity index (χ0n) is 13.2. The van der Waals surface area contributed by atoms with Crippen LogP contribution in [-0.4, -0.2) is 35.2 Å². The van der Waals surface area contributed by atoms with Crippen LogP contribution < -0.4 is 0 Å². The van der Waals surface area contributed by atoms with Crippen LogP contribution in [0, 0.1) is 0 Å². The third kappa shape index (κ3) is 2.96. The fourth-order valence-electron chi connectivity index (χ4n) is 4.04. The molecular formula is C17H30N2O. The van der Waals surface area contributed by atoms with Gasteiger partial charge in [0, 0.05) is 6.04 Å². The van der Waals surface area contributed by atoms with Crippen LogP contribution in [-0.2, 0) is 4.74 Å². The van der Waals surface area contributed by atoms with E-state index in [1.165, 1.54) is 64.2 Å². The average Bonchev–Trinajstić information content (AvgIpc) is 2.76. The molecule has 0 aromatic heterocycles. The number of rotatable bonds is 2. The monoisotopic (exact) mass is 278 g/mol. The molecule has 0 unspecified atom stereocenters. The first-order valence-electron chi connectivity index (χ1n) is 8.78. The van der Waals surface area contributed by atoms with Gasteiger partial charge < -0.3 is 9.64 Å². The summed E-state index contributed by atoms with van der Waals surface area (Å²) in [5.74, 6) is 0. The van der Waals surface area contributed by atoms with Crippen LogP contribution in [0.15, 0.2) is 4.99 Å². The van der Waals surface area contributed by atoms with Crippen molar-refractivity contribution in [1.29, 1.82) is 0 Å². The lowest BCUT2D eigenvalue weighted by Crippen LogP contribution is -2.43. The van der Waals surface area contributed by atoms with Gasteiger partial charge in [0.05, 0.1) is 12.1 Å².